The molecule has 90 valence electrons. The largest absolute Gasteiger partial charge is 0.395 e. The topological polar surface area (TPSA) is 52.5 Å². The van der Waals surface area contributed by atoms with E-state index in [-0.39, 0.29) is 12.7 Å². The van der Waals surface area contributed by atoms with Gasteiger partial charge in [-0.1, -0.05) is 31.9 Å². The fraction of sp³-hybridized carbons (Fsp3) is 0.833. The van der Waals surface area contributed by atoms with E-state index in [4.69, 9.17) is 5.11 Å². The summed E-state index contributed by atoms with van der Waals surface area (Å²) in [5.74, 6) is 0. The predicted molar refractivity (Wildman–Crippen MR) is 63.9 cm³/mol. The van der Waals surface area contributed by atoms with Crippen molar-refractivity contribution in [2.45, 2.75) is 45.1 Å². The zero-order valence-corrected chi connectivity index (χ0v) is 9.78. The lowest BCUT2D eigenvalue weighted by Crippen LogP contribution is -2.28. The molecule has 3 nitrogen and oxygen atoms in total. The minimum absolute atomic E-state index is 0.129. The molecule has 0 aromatic heterocycles. The van der Waals surface area contributed by atoms with E-state index >= 15 is 0 Å². The Bertz CT molecular complexity index is 149. The summed E-state index contributed by atoms with van der Waals surface area (Å²) in [4.78, 5) is 0. The SMILES string of the molecule is CCCC/C=C/CCC(O)CNCCO. The van der Waals surface area contributed by atoms with Gasteiger partial charge in [0.2, 0.25) is 0 Å². The second-order valence-corrected chi connectivity index (χ2v) is 3.77. The summed E-state index contributed by atoms with van der Waals surface area (Å²) >= 11 is 0. The molecular formula is C12H25NO2. The number of unbranched alkanes of at least 4 members (excludes halogenated alkanes) is 2. The Kier molecular flexibility index (Phi) is 11.4. The first-order chi connectivity index (χ1) is 7.31. The summed E-state index contributed by atoms with van der Waals surface area (Å²) in [6, 6.07) is 0. The molecule has 0 saturated heterocycles. The predicted octanol–water partition coefficient (Wildman–Crippen LogP) is 1.46. The molecule has 0 rings (SSSR count). The molecule has 0 fully saturated rings. The number of allylic oxidation sites excluding steroid dienone is 2. The number of hydrogen-bond acceptors (Lipinski definition) is 3. The maximum Gasteiger partial charge on any atom is 0.0667 e. The van der Waals surface area contributed by atoms with Crippen molar-refractivity contribution in [1.82, 2.24) is 5.32 Å². The van der Waals surface area contributed by atoms with Crippen molar-refractivity contribution in [3.63, 3.8) is 0 Å². The molecule has 0 amide bonds. The van der Waals surface area contributed by atoms with E-state index in [9.17, 15) is 5.11 Å². The number of aliphatic hydroxyl groups excluding tert-OH is 2. The fourth-order valence-electron chi connectivity index (χ4n) is 1.30. The maximum atomic E-state index is 9.50. The summed E-state index contributed by atoms with van der Waals surface area (Å²) in [5, 5.41) is 21.0. The van der Waals surface area contributed by atoms with Gasteiger partial charge >= 0.3 is 0 Å². The van der Waals surface area contributed by atoms with E-state index in [0.717, 1.165) is 19.3 Å². The van der Waals surface area contributed by atoms with Crippen LogP contribution in [0.5, 0.6) is 0 Å². The molecule has 0 radical (unpaired) electrons. The second kappa shape index (κ2) is 11.7. The number of rotatable bonds is 10. The van der Waals surface area contributed by atoms with Gasteiger partial charge in [-0.2, -0.15) is 0 Å². The van der Waals surface area contributed by atoms with E-state index in [0.29, 0.717) is 13.1 Å². The van der Waals surface area contributed by atoms with Gasteiger partial charge in [-0.3, -0.25) is 0 Å². The van der Waals surface area contributed by atoms with E-state index in [1.165, 1.54) is 12.8 Å². The van der Waals surface area contributed by atoms with Gasteiger partial charge in [-0.15, -0.1) is 0 Å². The van der Waals surface area contributed by atoms with Crippen LogP contribution in [-0.2, 0) is 0 Å². The summed E-state index contributed by atoms with van der Waals surface area (Å²) in [7, 11) is 0. The summed E-state index contributed by atoms with van der Waals surface area (Å²) in [6.45, 7) is 3.45. The Morgan fingerprint density at radius 3 is 2.67 bits per heavy atom. The highest BCUT2D eigenvalue weighted by atomic mass is 16.3. The van der Waals surface area contributed by atoms with Gasteiger partial charge in [0.25, 0.3) is 0 Å². The lowest BCUT2D eigenvalue weighted by Gasteiger charge is -2.09. The van der Waals surface area contributed by atoms with Gasteiger partial charge in [-0.25, -0.2) is 0 Å². The highest BCUT2D eigenvalue weighted by Gasteiger charge is 2.00. The van der Waals surface area contributed by atoms with Crippen molar-refractivity contribution >= 4 is 0 Å². The molecule has 0 bridgehead atoms. The molecule has 15 heavy (non-hydrogen) atoms. The summed E-state index contributed by atoms with van der Waals surface area (Å²) in [5.41, 5.74) is 0. The Hall–Kier alpha value is -0.380. The smallest absolute Gasteiger partial charge is 0.0667 e. The van der Waals surface area contributed by atoms with E-state index < -0.39 is 0 Å². The quantitative estimate of drug-likeness (QED) is 0.382. The fourth-order valence-corrected chi connectivity index (χ4v) is 1.30. The molecule has 1 unspecified atom stereocenters. The Morgan fingerprint density at radius 2 is 2.00 bits per heavy atom. The second-order valence-electron chi connectivity index (χ2n) is 3.77. The van der Waals surface area contributed by atoms with Crippen molar-refractivity contribution in [2.75, 3.05) is 19.7 Å². The monoisotopic (exact) mass is 215 g/mol. The summed E-state index contributed by atoms with van der Waals surface area (Å²) < 4.78 is 0. The van der Waals surface area contributed by atoms with E-state index in [2.05, 4.69) is 24.4 Å². The van der Waals surface area contributed by atoms with Crippen LogP contribution in [0.25, 0.3) is 0 Å². The summed E-state index contributed by atoms with van der Waals surface area (Å²) in [6.07, 6.45) is 9.40. The molecule has 0 saturated carbocycles. The zero-order chi connectivity index (χ0) is 11.4. The van der Waals surface area contributed by atoms with Crippen molar-refractivity contribution in [1.29, 1.82) is 0 Å². The molecule has 0 aliphatic heterocycles. The van der Waals surface area contributed by atoms with Gasteiger partial charge in [-0.05, 0) is 19.3 Å². The van der Waals surface area contributed by atoms with Crippen LogP contribution >= 0.6 is 0 Å². The van der Waals surface area contributed by atoms with Crippen LogP contribution in [0.4, 0.5) is 0 Å². The number of aliphatic hydroxyl groups is 2. The molecule has 0 aromatic carbocycles. The van der Waals surface area contributed by atoms with Crippen LogP contribution in [0, 0.1) is 0 Å². The zero-order valence-electron chi connectivity index (χ0n) is 9.78. The third kappa shape index (κ3) is 11.5. The maximum absolute atomic E-state index is 9.50. The normalized spacial score (nSPS) is 13.5. The van der Waals surface area contributed by atoms with Crippen LogP contribution in [0.2, 0.25) is 0 Å². The molecule has 3 heteroatoms. The molecule has 0 heterocycles. The Labute approximate surface area is 93.2 Å². The van der Waals surface area contributed by atoms with E-state index in [1.54, 1.807) is 0 Å². The van der Waals surface area contributed by atoms with Crippen LogP contribution < -0.4 is 5.32 Å². The first-order valence-electron chi connectivity index (χ1n) is 5.95. The van der Waals surface area contributed by atoms with Crippen LogP contribution in [0.1, 0.15) is 39.0 Å². The van der Waals surface area contributed by atoms with Crippen molar-refractivity contribution < 1.29 is 10.2 Å². The molecule has 0 spiro atoms. The first kappa shape index (κ1) is 14.6. The van der Waals surface area contributed by atoms with Gasteiger partial charge in [0.1, 0.15) is 0 Å². The lowest BCUT2D eigenvalue weighted by molar-refractivity contribution is 0.159. The molecule has 0 aromatic rings. The molecule has 1 atom stereocenters. The standard InChI is InChI=1S/C12H25NO2/c1-2-3-4-5-6-7-8-12(15)11-13-9-10-14/h5-6,12-15H,2-4,7-11H2,1H3/b6-5+. The van der Waals surface area contributed by atoms with Crippen molar-refractivity contribution in [3.05, 3.63) is 12.2 Å². The van der Waals surface area contributed by atoms with Gasteiger partial charge < -0.3 is 15.5 Å². The molecule has 3 N–H and O–H groups in total. The number of nitrogens with one attached hydrogen (secondary N) is 1. The van der Waals surface area contributed by atoms with Gasteiger partial charge in [0, 0.05) is 13.1 Å². The highest BCUT2D eigenvalue weighted by molar-refractivity contribution is 4.82. The van der Waals surface area contributed by atoms with Crippen LogP contribution in [-0.4, -0.2) is 36.0 Å². The Morgan fingerprint density at radius 1 is 1.27 bits per heavy atom. The van der Waals surface area contributed by atoms with E-state index in [1.807, 2.05) is 0 Å². The minimum Gasteiger partial charge on any atom is -0.395 e. The van der Waals surface area contributed by atoms with Crippen molar-refractivity contribution in [3.8, 4) is 0 Å². The lowest BCUT2D eigenvalue weighted by atomic mass is 10.1. The molecule has 0 aliphatic rings. The van der Waals surface area contributed by atoms with Gasteiger partial charge in [0.05, 0.1) is 12.7 Å². The third-order valence-corrected chi connectivity index (χ3v) is 2.23. The molecular weight excluding hydrogens is 190 g/mol. The molecule has 0 aliphatic carbocycles. The first-order valence-corrected chi connectivity index (χ1v) is 5.95. The minimum atomic E-state index is -0.299. The Balaban J connectivity index is 3.22. The van der Waals surface area contributed by atoms with Crippen LogP contribution in [0.15, 0.2) is 12.2 Å². The average molecular weight is 215 g/mol. The average Bonchev–Trinajstić information content (AvgIpc) is 2.23. The highest BCUT2D eigenvalue weighted by Crippen LogP contribution is 2.00. The number of hydrogen-bond donors (Lipinski definition) is 3. The third-order valence-electron chi connectivity index (χ3n) is 2.23. The van der Waals surface area contributed by atoms with Gasteiger partial charge in [0.15, 0.2) is 0 Å². The van der Waals surface area contributed by atoms with Crippen LogP contribution in [0.3, 0.4) is 0 Å². The van der Waals surface area contributed by atoms with Crippen molar-refractivity contribution in [2.24, 2.45) is 0 Å².